The van der Waals surface area contributed by atoms with E-state index in [2.05, 4.69) is 20.5 Å². The van der Waals surface area contributed by atoms with Crippen LogP contribution in [-0.4, -0.2) is 45.9 Å². The van der Waals surface area contributed by atoms with Crippen molar-refractivity contribution in [1.29, 1.82) is 0 Å². The molecule has 17 heavy (non-hydrogen) atoms. The van der Waals surface area contributed by atoms with Crippen molar-refractivity contribution in [2.75, 3.05) is 31.7 Å². The number of aromatic nitrogens is 3. The molecule has 1 saturated heterocycles. The number of nitrogens with one attached hydrogen (secondary N) is 1. The van der Waals surface area contributed by atoms with E-state index in [4.69, 9.17) is 4.74 Å². The molecule has 0 unspecified atom stereocenters. The van der Waals surface area contributed by atoms with E-state index >= 15 is 0 Å². The number of hydrazine groups is 1. The Hall–Kier alpha value is -1.66. The number of hydrogen-bond acceptors (Lipinski definition) is 5. The van der Waals surface area contributed by atoms with Crippen molar-refractivity contribution < 1.29 is 4.74 Å². The highest BCUT2D eigenvalue weighted by Gasteiger charge is 2.12. The van der Waals surface area contributed by atoms with Crippen molar-refractivity contribution in [3.8, 4) is 0 Å². The number of nitrogens with zero attached hydrogens (tertiary/aromatic N) is 4. The van der Waals surface area contributed by atoms with E-state index in [9.17, 15) is 0 Å². The molecule has 2 aromatic rings. The zero-order valence-electron chi connectivity index (χ0n) is 9.76. The fourth-order valence-corrected chi connectivity index (χ4v) is 1.90. The van der Waals surface area contributed by atoms with E-state index < -0.39 is 0 Å². The van der Waals surface area contributed by atoms with Gasteiger partial charge in [-0.1, -0.05) is 6.07 Å². The predicted octanol–water partition coefficient (Wildman–Crippen LogP) is 0.697. The minimum Gasteiger partial charge on any atom is -0.379 e. The molecule has 6 heteroatoms. The Balaban J connectivity index is 1.83. The maximum atomic E-state index is 5.29. The summed E-state index contributed by atoms with van der Waals surface area (Å²) in [6, 6.07) is 4.00. The molecule has 0 bridgehead atoms. The molecular formula is C11H15N5O. The van der Waals surface area contributed by atoms with Crippen molar-refractivity contribution in [3.05, 3.63) is 23.9 Å². The second-order valence-corrected chi connectivity index (χ2v) is 4.11. The van der Waals surface area contributed by atoms with Gasteiger partial charge in [-0.05, 0) is 18.6 Å². The number of pyridine rings is 1. The molecule has 0 aromatic carbocycles. The lowest BCUT2D eigenvalue weighted by molar-refractivity contribution is 0.0493. The zero-order valence-corrected chi connectivity index (χ0v) is 9.76. The van der Waals surface area contributed by atoms with Crippen LogP contribution in [0.3, 0.4) is 0 Å². The van der Waals surface area contributed by atoms with E-state index in [1.165, 1.54) is 0 Å². The Morgan fingerprint density at radius 3 is 2.94 bits per heavy atom. The van der Waals surface area contributed by atoms with Gasteiger partial charge in [-0.2, -0.15) is 4.98 Å². The monoisotopic (exact) mass is 233 g/mol. The molecule has 90 valence electrons. The minimum atomic E-state index is 0.640. The van der Waals surface area contributed by atoms with Gasteiger partial charge in [0.1, 0.15) is 0 Å². The van der Waals surface area contributed by atoms with Gasteiger partial charge in [-0.15, -0.1) is 5.10 Å². The van der Waals surface area contributed by atoms with Crippen LogP contribution in [0.2, 0.25) is 0 Å². The molecule has 0 radical (unpaired) electrons. The predicted molar refractivity (Wildman–Crippen MR) is 63.7 cm³/mol. The van der Waals surface area contributed by atoms with E-state index in [-0.39, 0.29) is 0 Å². The average molecular weight is 233 g/mol. The largest absolute Gasteiger partial charge is 0.379 e. The topological polar surface area (TPSA) is 54.7 Å². The quantitative estimate of drug-likeness (QED) is 0.827. The summed E-state index contributed by atoms with van der Waals surface area (Å²) in [5, 5.41) is 6.46. The summed E-state index contributed by atoms with van der Waals surface area (Å²) >= 11 is 0. The fraction of sp³-hybridized carbons (Fsp3) is 0.455. The summed E-state index contributed by atoms with van der Waals surface area (Å²) in [7, 11) is 0. The van der Waals surface area contributed by atoms with Gasteiger partial charge < -0.3 is 4.74 Å². The molecule has 0 spiro atoms. The van der Waals surface area contributed by atoms with Crippen LogP contribution < -0.4 is 5.43 Å². The Morgan fingerprint density at radius 1 is 1.35 bits per heavy atom. The molecule has 1 N–H and O–H groups in total. The van der Waals surface area contributed by atoms with Crippen LogP contribution in [0.15, 0.2) is 18.3 Å². The summed E-state index contributed by atoms with van der Waals surface area (Å²) in [5.74, 6) is 0.640. The van der Waals surface area contributed by atoms with Gasteiger partial charge in [0, 0.05) is 19.3 Å². The molecule has 2 aromatic heterocycles. The molecule has 3 rings (SSSR count). The van der Waals surface area contributed by atoms with Crippen molar-refractivity contribution in [1.82, 2.24) is 19.6 Å². The second-order valence-electron chi connectivity index (χ2n) is 4.11. The van der Waals surface area contributed by atoms with Gasteiger partial charge in [-0.25, -0.2) is 9.52 Å². The number of fused-ring (bicyclic) bond motifs is 1. The van der Waals surface area contributed by atoms with Crippen LogP contribution in [0.5, 0.6) is 0 Å². The van der Waals surface area contributed by atoms with E-state index in [1.54, 1.807) is 4.52 Å². The molecule has 3 heterocycles. The van der Waals surface area contributed by atoms with E-state index in [0.29, 0.717) is 5.95 Å². The molecule has 0 amide bonds. The van der Waals surface area contributed by atoms with Gasteiger partial charge in [0.15, 0.2) is 5.65 Å². The fourth-order valence-electron chi connectivity index (χ4n) is 1.90. The number of ether oxygens (including phenoxy) is 1. The summed E-state index contributed by atoms with van der Waals surface area (Å²) in [6.07, 6.45) is 1.90. The maximum absolute atomic E-state index is 5.29. The number of anilines is 1. The standard InChI is InChI=1S/C11H15N5O/c1-9-3-2-4-16-10(9)12-11(14-16)13-15-5-7-17-8-6-15/h2-4H,5-8H2,1H3,(H,13,14). The first-order valence-corrected chi connectivity index (χ1v) is 5.74. The lowest BCUT2D eigenvalue weighted by Gasteiger charge is -2.26. The molecule has 6 nitrogen and oxygen atoms in total. The summed E-state index contributed by atoms with van der Waals surface area (Å²) < 4.78 is 7.08. The van der Waals surface area contributed by atoms with Crippen molar-refractivity contribution in [2.45, 2.75) is 6.92 Å². The lowest BCUT2D eigenvalue weighted by atomic mass is 10.3. The maximum Gasteiger partial charge on any atom is 0.257 e. The number of hydrogen-bond donors (Lipinski definition) is 1. The smallest absolute Gasteiger partial charge is 0.257 e. The third-order valence-corrected chi connectivity index (χ3v) is 2.83. The van der Waals surface area contributed by atoms with Crippen LogP contribution in [0.25, 0.3) is 5.65 Å². The van der Waals surface area contributed by atoms with Crippen LogP contribution in [0.4, 0.5) is 5.95 Å². The Labute approximate surface area is 99.2 Å². The Morgan fingerprint density at radius 2 is 2.18 bits per heavy atom. The van der Waals surface area contributed by atoms with E-state index in [0.717, 1.165) is 37.5 Å². The molecule has 1 aliphatic rings. The highest BCUT2D eigenvalue weighted by molar-refractivity contribution is 5.49. The minimum absolute atomic E-state index is 0.640. The van der Waals surface area contributed by atoms with Crippen LogP contribution >= 0.6 is 0 Å². The first kappa shape index (κ1) is 10.5. The van der Waals surface area contributed by atoms with Crippen molar-refractivity contribution in [3.63, 3.8) is 0 Å². The van der Waals surface area contributed by atoms with Crippen molar-refractivity contribution in [2.24, 2.45) is 0 Å². The van der Waals surface area contributed by atoms with Gasteiger partial charge in [0.25, 0.3) is 5.95 Å². The van der Waals surface area contributed by atoms with Crippen LogP contribution in [0, 0.1) is 6.92 Å². The normalized spacial score (nSPS) is 17.5. The molecule has 0 saturated carbocycles. The molecule has 0 atom stereocenters. The second kappa shape index (κ2) is 4.31. The number of rotatable bonds is 2. The average Bonchev–Trinajstić information content (AvgIpc) is 2.74. The number of morpholine rings is 1. The highest BCUT2D eigenvalue weighted by Crippen LogP contribution is 2.10. The molecular weight excluding hydrogens is 218 g/mol. The third kappa shape index (κ3) is 2.09. The Kier molecular flexibility index (Phi) is 2.66. The first-order valence-electron chi connectivity index (χ1n) is 5.74. The first-order chi connectivity index (χ1) is 8.33. The third-order valence-electron chi connectivity index (χ3n) is 2.83. The van der Waals surface area contributed by atoms with Crippen molar-refractivity contribution >= 4 is 11.6 Å². The van der Waals surface area contributed by atoms with E-state index in [1.807, 2.05) is 25.3 Å². The highest BCUT2D eigenvalue weighted by atomic mass is 16.5. The van der Waals surface area contributed by atoms with Crippen LogP contribution in [0.1, 0.15) is 5.56 Å². The van der Waals surface area contributed by atoms with Crippen LogP contribution in [-0.2, 0) is 4.74 Å². The van der Waals surface area contributed by atoms with Gasteiger partial charge >= 0.3 is 0 Å². The summed E-state index contributed by atoms with van der Waals surface area (Å²) in [6.45, 7) is 5.24. The molecule has 1 fully saturated rings. The molecule has 0 aliphatic carbocycles. The van der Waals surface area contributed by atoms with Gasteiger partial charge in [-0.3, -0.25) is 5.43 Å². The zero-order chi connectivity index (χ0) is 11.7. The Bertz CT molecular complexity index is 518. The molecule has 1 aliphatic heterocycles. The summed E-state index contributed by atoms with van der Waals surface area (Å²) in [5.41, 5.74) is 5.22. The van der Waals surface area contributed by atoms with Gasteiger partial charge in [0.05, 0.1) is 13.2 Å². The lowest BCUT2D eigenvalue weighted by Crippen LogP contribution is -2.40. The summed E-state index contributed by atoms with van der Waals surface area (Å²) in [4.78, 5) is 4.46. The van der Waals surface area contributed by atoms with Gasteiger partial charge in [0.2, 0.25) is 0 Å². The number of aryl methyl sites for hydroxylation is 1. The SMILES string of the molecule is Cc1cccn2nc(NN3CCOCC3)nc12.